The molecule has 0 radical (unpaired) electrons. The molecule has 1 aliphatic rings. The largest absolute Gasteiger partial charge is 0.487 e. The van der Waals surface area contributed by atoms with Crippen molar-refractivity contribution in [2.75, 3.05) is 13.1 Å². The molecule has 0 aliphatic carbocycles. The topological polar surface area (TPSA) is 59.0 Å². The lowest BCUT2D eigenvalue weighted by Gasteiger charge is -2.13. The van der Waals surface area contributed by atoms with E-state index < -0.39 is 0 Å². The predicted molar refractivity (Wildman–Crippen MR) is 100 cm³/mol. The fraction of sp³-hybridized carbons (Fsp3) is 0.368. The van der Waals surface area contributed by atoms with Gasteiger partial charge in [-0.2, -0.15) is 10.2 Å². The third-order valence-electron chi connectivity index (χ3n) is 4.70. The van der Waals surface area contributed by atoms with E-state index in [1.54, 1.807) is 0 Å². The minimum atomic E-state index is 0.458. The van der Waals surface area contributed by atoms with Crippen LogP contribution in [0.4, 0.5) is 0 Å². The van der Waals surface area contributed by atoms with Gasteiger partial charge in [0.15, 0.2) is 0 Å². The highest BCUT2D eigenvalue weighted by molar-refractivity contribution is 6.30. The number of H-pyrrole nitrogens is 1. The minimum Gasteiger partial charge on any atom is -0.487 e. The summed E-state index contributed by atoms with van der Waals surface area (Å²) in [6.45, 7) is 3.51. The second-order valence-electron chi connectivity index (χ2n) is 6.81. The van der Waals surface area contributed by atoms with Crippen LogP contribution in [0.25, 0.3) is 0 Å². The maximum absolute atomic E-state index is 5.98. The van der Waals surface area contributed by atoms with Gasteiger partial charge in [-0.15, -0.1) is 0 Å². The van der Waals surface area contributed by atoms with Gasteiger partial charge in [-0.3, -0.25) is 14.7 Å². The standard InChI is InChI=1S/C19H22ClN5O/c1-24-10-14(9-21-24)11-25-6-5-15(12-25)19-8-17(22-23-19)13-26-18-4-2-3-16(20)7-18/h2-4,7-10,15H,5-6,11-13H2,1H3,(H,22,23)/t15-/m0/s1. The van der Waals surface area contributed by atoms with Gasteiger partial charge in [0.1, 0.15) is 12.4 Å². The van der Waals surface area contributed by atoms with Crippen LogP contribution >= 0.6 is 11.6 Å². The normalized spacial score (nSPS) is 17.7. The van der Waals surface area contributed by atoms with Gasteiger partial charge >= 0.3 is 0 Å². The molecule has 3 aromatic rings. The lowest BCUT2D eigenvalue weighted by molar-refractivity contribution is 0.301. The molecule has 0 saturated carbocycles. The molecule has 2 aromatic heterocycles. The number of nitrogens with zero attached hydrogens (tertiary/aromatic N) is 4. The van der Waals surface area contributed by atoms with Crippen LogP contribution in [0.3, 0.4) is 0 Å². The summed E-state index contributed by atoms with van der Waals surface area (Å²) in [5.41, 5.74) is 3.35. The third-order valence-corrected chi connectivity index (χ3v) is 4.93. The zero-order chi connectivity index (χ0) is 17.9. The van der Waals surface area contributed by atoms with E-state index in [0.29, 0.717) is 17.5 Å². The molecule has 1 fully saturated rings. The molecule has 0 amide bonds. The number of aromatic amines is 1. The number of likely N-dealkylation sites (tertiary alicyclic amines) is 1. The quantitative estimate of drug-likeness (QED) is 0.721. The molecule has 1 saturated heterocycles. The van der Waals surface area contributed by atoms with Crippen molar-refractivity contribution < 1.29 is 4.74 Å². The number of aromatic nitrogens is 4. The smallest absolute Gasteiger partial charge is 0.130 e. The maximum Gasteiger partial charge on any atom is 0.130 e. The number of hydrogen-bond donors (Lipinski definition) is 1. The lowest BCUT2D eigenvalue weighted by atomic mass is 10.1. The molecule has 0 spiro atoms. The Kier molecular flexibility index (Phi) is 4.95. The highest BCUT2D eigenvalue weighted by Crippen LogP contribution is 2.27. The van der Waals surface area contributed by atoms with E-state index in [1.807, 2.05) is 42.2 Å². The highest BCUT2D eigenvalue weighted by atomic mass is 35.5. The first-order valence-electron chi connectivity index (χ1n) is 8.78. The molecule has 1 N–H and O–H groups in total. The third kappa shape index (κ3) is 4.08. The van der Waals surface area contributed by atoms with Crippen LogP contribution < -0.4 is 4.74 Å². The summed E-state index contributed by atoms with van der Waals surface area (Å²) >= 11 is 5.98. The molecule has 4 rings (SSSR count). The summed E-state index contributed by atoms with van der Waals surface area (Å²) < 4.78 is 7.63. The Morgan fingerprint density at radius 3 is 3.08 bits per heavy atom. The summed E-state index contributed by atoms with van der Waals surface area (Å²) in [7, 11) is 1.95. The van der Waals surface area contributed by atoms with E-state index in [2.05, 4.69) is 32.5 Å². The summed E-state index contributed by atoms with van der Waals surface area (Å²) in [6, 6.07) is 9.54. The monoisotopic (exact) mass is 371 g/mol. The molecule has 3 heterocycles. The highest BCUT2D eigenvalue weighted by Gasteiger charge is 2.26. The van der Waals surface area contributed by atoms with Crippen molar-refractivity contribution in [3.05, 3.63) is 64.7 Å². The van der Waals surface area contributed by atoms with E-state index in [1.165, 1.54) is 5.56 Å². The van der Waals surface area contributed by atoms with Gasteiger partial charge in [-0.05, 0) is 37.2 Å². The van der Waals surface area contributed by atoms with E-state index in [9.17, 15) is 0 Å². The number of halogens is 1. The summed E-state index contributed by atoms with van der Waals surface area (Å²) in [5.74, 6) is 1.22. The van der Waals surface area contributed by atoms with Crippen molar-refractivity contribution in [3.63, 3.8) is 0 Å². The minimum absolute atomic E-state index is 0.458. The van der Waals surface area contributed by atoms with Crippen LogP contribution in [-0.4, -0.2) is 38.0 Å². The summed E-state index contributed by atoms with van der Waals surface area (Å²) in [4.78, 5) is 2.46. The Morgan fingerprint density at radius 2 is 2.27 bits per heavy atom. The SMILES string of the molecule is Cn1cc(CN2CC[C@H](c3cc(COc4cccc(Cl)c4)[nH]n3)C2)cn1. The molecule has 1 atom stereocenters. The molecular formula is C19H22ClN5O. The molecule has 6 nitrogen and oxygen atoms in total. The zero-order valence-electron chi connectivity index (χ0n) is 14.7. The van der Waals surface area contributed by atoms with Crippen molar-refractivity contribution in [3.8, 4) is 5.75 Å². The molecule has 1 aromatic carbocycles. The van der Waals surface area contributed by atoms with Crippen molar-refractivity contribution in [1.29, 1.82) is 0 Å². The second-order valence-corrected chi connectivity index (χ2v) is 7.24. The van der Waals surface area contributed by atoms with Gasteiger partial charge < -0.3 is 4.74 Å². The Balaban J connectivity index is 1.31. The molecular weight excluding hydrogens is 350 g/mol. The van der Waals surface area contributed by atoms with Crippen LogP contribution in [0, 0.1) is 0 Å². The molecule has 0 unspecified atom stereocenters. The molecule has 136 valence electrons. The van der Waals surface area contributed by atoms with Gasteiger partial charge in [-0.1, -0.05) is 17.7 Å². The van der Waals surface area contributed by atoms with Crippen LogP contribution in [-0.2, 0) is 20.2 Å². The van der Waals surface area contributed by atoms with Crippen LogP contribution in [0.2, 0.25) is 5.02 Å². The molecule has 0 bridgehead atoms. The lowest BCUT2D eigenvalue weighted by Crippen LogP contribution is -2.19. The first kappa shape index (κ1) is 17.1. The number of ether oxygens (including phenoxy) is 1. The first-order chi connectivity index (χ1) is 12.7. The Hall–Kier alpha value is -2.31. The maximum atomic E-state index is 5.98. The van der Waals surface area contributed by atoms with E-state index in [-0.39, 0.29) is 0 Å². The average Bonchev–Trinajstić information content (AvgIpc) is 3.35. The zero-order valence-corrected chi connectivity index (χ0v) is 15.5. The second kappa shape index (κ2) is 7.51. The van der Waals surface area contributed by atoms with E-state index in [0.717, 1.165) is 43.2 Å². The molecule has 1 aliphatic heterocycles. The van der Waals surface area contributed by atoms with Crippen molar-refractivity contribution in [2.24, 2.45) is 7.05 Å². The van der Waals surface area contributed by atoms with Gasteiger partial charge in [0, 0.05) is 42.8 Å². The summed E-state index contributed by atoms with van der Waals surface area (Å²) in [6.07, 6.45) is 5.14. The Morgan fingerprint density at radius 1 is 1.35 bits per heavy atom. The van der Waals surface area contributed by atoms with E-state index in [4.69, 9.17) is 16.3 Å². The predicted octanol–water partition coefficient (Wildman–Crippen LogP) is 3.37. The van der Waals surface area contributed by atoms with Crippen molar-refractivity contribution in [2.45, 2.75) is 25.5 Å². The fourth-order valence-corrected chi connectivity index (χ4v) is 3.59. The first-order valence-corrected chi connectivity index (χ1v) is 9.16. The Labute approximate surface area is 157 Å². The van der Waals surface area contributed by atoms with Crippen LogP contribution in [0.1, 0.15) is 29.3 Å². The Bertz CT molecular complexity index is 874. The van der Waals surface area contributed by atoms with Crippen LogP contribution in [0.5, 0.6) is 5.75 Å². The number of hydrogen-bond acceptors (Lipinski definition) is 4. The fourth-order valence-electron chi connectivity index (χ4n) is 3.41. The summed E-state index contributed by atoms with van der Waals surface area (Å²) in [5, 5.41) is 12.5. The van der Waals surface area contributed by atoms with Gasteiger partial charge in [0.25, 0.3) is 0 Å². The molecule has 26 heavy (non-hydrogen) atoms. The molecule has 7 heteroatoms. The van der Waals surface area contributed by atoms with E-state index >= 15 is 0 Å². The average molecular weight is 372 g/mol. The number of nitrogens with one attached hydrogen (secondary N) is 1. The van der Waals surface area contributed by atoms with Gasteiger partial charge in [-0.25, -0.2) is 0 Å². The van der Waals surface area contributed by atoms with Crippen LogP contribution in [0.15, 0.2) is 42.7 Å². The number of aryl methyl sites for hydroxylation is 1. The van der Waals surface area contributed by atoms with Crippen molar-refractivity contribution in [1.82, 2.24) is 24.9 Å². The van der Waals surface area contributed by atoms with Gasteiger partial charge in [0.2, 0.25) is 0 Å². The number of rotatable bonds is 6. The number of benzene rings is 1. The van der Waals surface area contributed by atoms with Gasteiger partial charge in [0.05, 0.1) is 17.6 Å². The van der Waals surface area contributed by atoms with Crippen molar-refractivity contribution >= 4 is 11.6 Å².